The van der Waals surface area contributed by atoms with E-state index in [9.17, 15) is 4.79 Å². The smallest absolute Gasteiger partial charge is 0.255 e. The number of aliphatic hydroxyl groups is 1. The van der Waals surface area contributed by atoms with Gasteiger partial charge in [-0.1, -0.05) is 0 Å². The lowest BCUT2D eigenvalue weighted by atomic mass is 10.2. The van der Waals surface area contributed by atoms with Crippen LogP contribution in [0.2, 0.25) is 0 Å². The van der Waals surface area contributed by atoms with Gasteiger partial charge in [-0.15, -0.1) is 0 Å². The first kappa shape index (κ1) is 12.4. The Balaban J connectivity index is 2.10. The largest absolute Gasteiger partial charge is 0.395 e. The van der Waals surface area contributed by atoms with Crippen molar-refractivity contribution in [3.63, 3.8) is 0 Å². The molecule has 0 fully saturated rings. The second-order valence-corrected chi connectivity index (χ2v) is 4.04. The van der Waals surface area contributed by atoms with Crippen LogP contribution in [0.1, 0.15) is 21.9 Å². The fourth-order valence-electron chi connectivity index (χ4n) is 1.77. The summed E-state index contributed by atoms with van der Waals surface area (Å²) in [7, 11) is 0. The van der Waals surface area contributed by atoms with Gasteiger partial charge in [0.2, 0.25) is 0 Å². The number of aromatic amines is 2. The summed E-state index contributed by atoms with van der Waals surface area (Å²) in [5.41, 5.74) is 1.43. The molecule has 0 aliphatic carbocycles. The molecule has 0 aliphatic heterocycles. The van der Waals surface area contributed by atoms with Gasteiger partial charge in [-0.3, -0.25) is 4.79 Å². The van der Waals surface area contributed by atoms with Crippen LogP contribution in [0, 0.1) is 6.92 Å². The number of hydrogen-bond donors (Lipinski definition) is 3. The van der Waals surface area contributed by atoms with Crippen LogP contribution in [0.5, 0.6) is 0 Å². The molecule has 1 amide bonds. The summed E-state index contributed by atoms with van der Waals surface area (Å²) in [5, 5.41) is 9.04. The average molecular weight is 248 g/mol. The number of imidazole rings is 1. The Morgan fingerprint density at radius 3 is 2.94 bits per heavy atom. The van der Waals surface area contributed by atoms with Crippen molar-refractivity contribution in [3.05, 3.63) is 41.7 Å². The van der Waals surface area contributed by atoms with Gasteiger partial charge >= 0.3 is 0 Å². The number of nitrogens with one attached hydrogen (secondary N) is 2. The van der Waals surface area contributed by atoms with Crippen LogP contribution in [-0.4, -0.2) is 44.0 Å². The molecule has 2 aromatic heterocycles. The van der Waals surface area contributed by atoms with E-state index >= 15 is 0 Å². The standard InChI is InChI=1S/C12H16N4O2/c1-9-14-7-11(15-9)8-16(4-5-17)12(18)10-2-3-13-6-10/h2-3,6-7,13,17H,4-5,8H2,1H3,(H,14,15). The fourth-order valence-corrected chi connectivity index (χ4v) is 1.77. The minimum absolute atomic E-state index is 0.0662. The monoisotopic (exact) mass is 248 g/mol. The van der Waals surface area contributed by atoms with Crippen LogP contribution in [0.4, 0.5) is 0 Å². The third kappa shape index (κ3) is 2.78. The molecule has 0 aromatic carbocycles. The highest BCUT2D eigenvalue weighted by Crippen LogP contribution is 2.08. The van der Waals surface area contributed by atoms with Gasteiger partial charge < -0.3 is 20.0 Å². The minimum atomic E-state index is -0.113. The summed E-state index contributed by atoms with van der Waals surface area (Å²) < 4.78 is 0. The second-order valence-electron chi connectivity index (χ2n) is 4.04. The number of H-pyrrole nitrogens is 2. The molecule has 2 rings (SSSR count). The quantitative estimate of drug-likeness (QED) is 0.727. The maximum atomic E-state index is 12.2. The molecule has 0 aliphatic rings. The van der Waals surface area contributed by atoms with Crippen molar-refractivity contribution in [2.75, 3.05) is 13.2 Å². The number of aliphatic hydroxyl groups excluding tert-OH is 1. The molecule has 0 atom stereocenters. The van der Waals surface area contributed by atoms with Gasteiger partial charge in [0, 0.05) is 18.9 Å². The number of carbonyl (C=O) groups excluding carboxylic acids is 1. The van der Waals surface area contributed by atoms with Gasteiger partial charge in [-0.05, 0) is 13.0 Å². The third-order valence-corrected chi connectivity index (χ3v) is 2.62. The van der Waals surface area contributed by atoms with E-state index in [4.69, 9.17) is 5.11 Å². The summed E-state index contributed by atoms with van der Waals surface area (Å²) >= 11 is 0. The van der Waals surface area contributed by atoms with Crippen molar-refractivity contribution in [2.24, 2.45) is 0 Å². The summed E-state index contributed by atoms with van der Waals surface area (Å²) in [6, 6.07) is 1.71. The average Bonchev–Trinajstić information content (AvgIpc) is 2.99. The predicted octanol–water partition coefficient (Wildman–Crippen LogP) is 0.681. The topological polar surface area (TPSA) is 85.0 Å². The molecular weight excluding hydrogens is 232 g/mol. The summed E-state index contributed by atoms with van der Waals surface area (Å²) in [6.45, 7) is 2.49. The zero-order chi connectivity index (χ0) is 13.0. The molecule has 18 heavy (non-hydrogen) atoms. The van der Waals surface area contributed by atoms with Crippen LogP contribution < -0.4 is 0 Å². The van der Waals surface area contributed by atoms with Gasteiger partial charge in [0.25, 0.3) is 5.91 Å². The molecule has 6 heteroatoms. The van der Waals surface area contributed by atoms with E-state index in [1.807, 2.05) is 6.92 Å². The Labute approximate surface area is 105 Å². The molecule has 3 N–H and O–H groups in total. The molecule has 0 spiro atoms. The van der Waals surface area contributed by atoms with Gasteiger partial charge in [-0.2, -0.15) is 0 Å². The Bertz CT molecular complexity index is 504. The predicted molar refractivity (Wildman–Crippen MR) is 65.9 cm³/mol. The number of aryl methyl sites for hydroxylation is 1. The second kappa shape index (κ2) is 5.50. The van der Waals surface area contributed by atoms with E-state index in [1.54, 1.807) is 29.6 Å². The first-order chi connectivity index (χ1) is 8.70. The van der Waals surface area contributed by atoms with Crippen LogP contribution in [0.3, 0.4) is 0 Å². The number of nitrogens with zero attached hydrogens (tertiary/aromatic N) is 2. The van der Waals surface area contributed by atoms with E-state index in [1.165, 1.54) is 0 Å². The maximum absolute atomic E-state index is 12.2. The molecule has 0 saturated heterocycles. The first-order valence-corrected chi connectivity index (χ1v) is 5.74. The zero-order valence-corrected chi connectivity index (χ0v) is 10.2. The Hall–Kier alpha value is -2.08. The van der Waals surface area contributed by atoms with Gasteiger partial charge in [0.1, 0.15) is 5.82 Å². The Morgan fingerprint density at radius 1 is 1.56 bits per heavy atom. The molecule has 2 heterocycles. The third-order valence-electron chi connectivity index (χ3n) is 2.62. The summed E-state index contributed by atoms with van der Waals surface area (Å²) in [6.07, 6.45) is 5.04. The number of hydrogen-bond acceptors (Lipinski definition) is 3. The highest BCUT2D eigenvalue weighted by Gasteiger charge is 2.16. The van der Waals surface area contributed by atoms with Gasteiger partial charge in [0.05, 0.1) is 30.6 Å². The molecule has 6 nitrogen and oxygen atoms in total. The van der Waals surface area contributed by atoms with Gasteiger partial charge in [0.15, 0.2) is 0 Å². The van der Waals surface area contributed by atoms with E-state index in [0.717, 1.165) is 11.5 Å². The van der Waals surface area contributed by atoms with E-state index in [0.29, 0.717) is 18.7 Å². The lowest BCUT2D eigenvalue weighted by Gasteiger charge is -2.20. The summed E-state index contributed by atoms with van der Waals surface area (Å²) in [4.78, 5) is 23.8. The van der Waals surface area contributed by atoms with Crippen molar-refractivity contribution in [1.29, 1.82) is 0 Å². The summed E-state index contributed by atoms with van der Waals surface area (Å²) in [5.74, 6) is 0.695. The normalized spacial score (nSPS) is 10.6. The lowest BCUT2D eigenvalue weighted by Crippen LogP contribution is -2.33. The molecule has 0 saturated carbocycles. The van der Waals surface area contributed by atoms with Crippen LogP contribution in [0.15, 0.2) is 24.7 Å². The minimum Gasteiger partial charge on any atom is -0.395 e. The molecule has 0 radical (unpaired) electrons. The molecular formula is C12H16N4O2. The van der Waals surface area contributed by atoms with Crippen molar-refractivity contribution >= 4 is 5.91 Å². The number of rotatable bonds is 5. The van der Waals surface area contributed by atoms with Gasteiger partial charge in [-0.25, -0.2) is 4.98 Å². The number of aromatic nitrogens is 3. The molecule has 0 unspecified atom stereocenters. The Kier molecular flexibility index (Phi) is 3.78. The lowest BCUT2D eigenvalue weighted by molar-refractivity contribution is 0.0706. The fraction of sp³-hybridized carbons (Fsp3) is 0.333. The van der Waals surface area contributed by atoms with Crippen molar-refractivity contribution in [1.82, 2.24) is 19.9 Å². The van der Waals surface area contributed by atoms with Crippen molar-refractivity contribution in [3.8, 4) is 0 Å². The SMILES string of the molecule is Cc1ncc(CN(CCO)C(=O)c2cc[nH]c2)[nH]1. The number of amides is 1. The van der Waals surface area contributed by atoms with Crippen LogP contribution >= 0.6 is 0 Å². The van der Waals surface area contributed by atoms with E-state index < -0.39 is 0 Å². The van der Waals surface area contributed by atoms with Crippen LogP contribution in [-0.2, 0) is 6.54 Å². The van der Waals surface area contributed by atoms with E-state index in [2.05, 4.69) is 15.0 Å². The zero-order valence-electron chi connectivity index (χ0n) is 10.2. The Morgan fingerprint density at radius 2 is 2.39 bits per heavy atom. The molecule has 0 bridgehead atoms. The van der Waals surface area contributed by atoms with Crippen molar-refractivity contribution < 1.29 is 9.90 Å². The maximum Gasteiger partial charge on any atom is 0.255 e. The van der Waals surface area contributed by atoms with Crippen LogP contribution in [0.25, 0.3) is 0 Å². The highest BCUT2D eigenvalue weighted by molar-refractivity contribution is 5.93. The molecule has 96 valence electrons. The molecule has 2 aromatic rings. The van der Waals surface area contributed by atoms with E-state index in [-0.39, 0.29) is 12.5 Å². The highest BCUT2D eigenvalue weighted by atomic mass is 16.3. The number of carbonyl (C=O) groups is 1. The van der Waals surface area contributed by atoms with Crippen molar-refractivity contribution in [2.45, 2.75) is 13.5 Å². The first-order valence-electron chi connectivity index (χ1n) is 5.74.